The van der Waals surface area contributed by atoms with Crippen LogP contribution in [-0.4, -0.2) is 10.9 Å². The van der Waals surface area contributed by atoms with Crippen LogP contribution in [0.15, 0.2) is 41.8 Å². The Morgan fingerprint density at radius 2 is 1.93 bits per heavy atom. The van der Waals surface area contributed by atoms with E-state index in [4.69, 9.17) is 0 Å². The van der Waals surface area contributed by atoms with E-state index in [0.717, 1.165) is 5.56 Å². The van der Waals surface area contributed by atoms with Gasteiger partial charge in [0.1, 0.15) is 0 Å². The van der Waals surface area contributed by atoms with Crippen LogP contribution in [0.5, 0.6) is 0 Å². The number of benzene rings is 1. The van der Waals surface area contributed by atoms with Gasteiger partial charge in [-0.2, -0.15) is 0 Å². The largest absolute Gasteiger partial charge is 0.372 e. The molecule has 2 aromatic rings. The molecule has 1 aliphatic rings. The molecule has 15 heavy (non-hydrogen) atoms. The molecule has 1 aromatic carbocycles. The molecule has 3 heteroatoms. The number of ketones is 1. The van der Waals surface area contributed by atoms with E-state index in [-0.39, 0.29) is 5.78 Å². The predicted molar refractivity (Wildman–Crippen MR) is 58.1 cm³/mol. The fourth-order valence-electron chi connectivity index (χ4n) is 1.98. The number of hydrogen-bond acceptors (Lipinski definition) is 3. The number of rotatable bonds is 1. The summed E-state index contributed by atoms with van der Waals surface area (Å²) in [7, 11) is 0. The SMILES string of the molecule is O=C1c2ccccc2[C@]1(O)c1cccs1. The van der Waals surface area contributed by atoms with Crippen molar-refractivity contribution in [3.63, 3.8) is 0 Å². The van der Waals surface area contributed by atoms with E-state index in [2.05, 4.69) is 0 Å². The number of thiophene rings is 1. The summed E-state index contributed by atoms with van der Waals surface area (Å²) in [5.74, 6) is -0.194. The second kappa shape index (κ2) is 2.78. The summed E-state index contributed by atoms with van der Waals surface area (Å²) in [6.45, 7) is 0. The minimum Gasteiger partial charge on any atom is -0.372 e. The molecule has 0 unspecified atom stereocenters. The van der Waals surface area contributed by atoms with Crippen LogP contribution >= 0.6 is 11.3 Å². The Kier molecular flexibility index (Phi) is 1.63. The maximum absolute atomic E-state index is 11.8. The summed E-state index contributed by atoms with van der Waals surface area (Å²) in [6.07, 6.45) is 0. The summed E-state index contributed by atoms with van der Waals surface area (Å²) in [4.78, 5) is 12.5. The average Bonchev–Trinajstić information content (AvgIpc) is 2.81. The van der Waals surface area contributed by atoms with E-state index in [9.17, 15) is 9.90 Å². The van der Waals surface area contributed by atoms with Crippen molar-refractivity contribution in [1.82, 2.24) is 0 Å². The predicted octanol–water partition coefficient (Wildman–Crippen LogP) is 2.18. The molecular formula is C12H8O2S. The molecule has 0 bridgehead atoms. The van der Waals surface area contributed by atoms with Gasteiger partial charge in [-0.25, -0.2) is 0 Å². The molecule has 2 nitrogen and oxygen atoms in total. The number of hydrogen-bond donors (Lipinski definition) is 1. The summed E-state index contributed by atoms with van der Waals surface area (Å²) >= 11 is 1.40. The number of aliphatic hydroxyl groups is 1. The quantitative estimate of drug-likeness (QED) is 0.793. The van der Waals surface area contributed by atoms with Crippen molar-refractivity contribution in [3.8, 4) is 0 Å². The lowest BCUT2D eigenvalue weighted by molar-refractivity contribution is 0.0393. The van der Waals surface area contributed by atoms with Crippen LogP contribution in [-0.2, 0) is 5.60 Å². The Bertz CT molecular complexity index is 530. The molecule has 1 aliphatic carbocycles. The molecule has 0 spiro atoms. The van der Waals surface area contributed by atoms with E-state index in [1.807, 2.05) is 23.6 Å². The molecule has 0 amide bonds. The van der Waals surface area contributed by atoms with E-state index in [0.29, 0.717) is 10.4 Å². The molecule has 0 aliphatic heterocycles. The van der Waals surface area contributed by atoms with E-state index in [1.165, 1.54) is 11.3 Å². The molecule has 0 radical (unpaired) electrons. The first-order chi connectivity index (χ1) is 7.24. The Morgan fingerprint density at radius 3 is 2.67 bits per heavy atom. The maximum Gasteiger partial charge on any atom is 0.204 e. The van der Waals surface area contributed by atoms with Gasteiger partial charge >= 0.3 is 0 Å². The van der Waals surface area contributed by atoms with Gasteiger partial charge in [0.2, 0.25) is 5.78 Å². The zero-order chi connectivity index (χ0) is 10.5. The maximum atomic E-state index is 11.8. The van der Waals surface area contributed by atoms with Crippen LogP contribution in [0, 0.1) is 0 Å². The summed E-state index contributed by atoms with van der Waals surface area (Å²) in [6, 6.07) is 10.8. The number of Topliss-reactive ketones (excluding diaryl/α,β-unsaturated/α-hetero) is 1. The lowest BCUT2D eigenvalue weighted by atomic mass is 9.71. The summed E-state index contributed by atoms with van der Waals surface area (Å²) in [5.41, 5.74) is -0.0315. The van der Waals surface area contributed by atoms with Gasteiger partial charge in [-0.15, -0.1) is 11.3 Å². The van der Waals surface area contributed by atoms with Crippen LogP contribution in [0.2, 0.25) is 0 Å². The van der Waals surface area contributed by atoms with Gasteiger partial charge in [-0.1, -0.05) is 30.3 Å². The molecule has 1 N–H and O–H groups in total. The van der Waals surface area contributed by atoms with Crippen molar-refractivity contribution >= 4 is 17.1 Å². The van der Waals surface area contributed by atoms with Gasteiger partial charge in [0.25, 0.3) is 0 Å². The Labute approximate surface area is 90.8 Å². The standard InChI is InChI=1S/C12H8O2S/c13-11-8-4-1-2-5-9(8)12(11,14)10-6-3-7-15-10/h1-7,14H/t12-/m0/s1. The molecule has 0 fully saturated rings. The zero-order valence-corrected chi connectivity index (χ0v) is 8.62. The topological polar surface area (TPSA) is 37.3 Å². The van der Waals surface area contributed by atoms with E-state index < -0.39 is 5.60 Å². The fraction of sp³-hybridized carbons (Fsp3) is 0.0833. The number of fused-ring (bicyclic) bond motifs is 1. The molecule has 1 aromatic heterocycles. The first kappa shape index (κ1) is 8.83. The summed E-state index contributed by atoms with van der Waals surface area (Å²) < 4.78 is 0. The first-order valence-corrected chi connectivity index (χ1v) is 5.53. The molecule has 3 rings (SSSR count). The highest BCUT2D eigenvalue weighted by molar-refractivity contribution is 7.10. The third kappa shape index (κ3) is 0.940. The van der Waals surface area contributed by atoms with Gasteiger partial charge in [0, 0.05) is 16.0 Å². The lowest BCUT2D eigenvalue weighted by Gasteiger charge is -2.36. The van der Waals surface area contributed by atoms with Gasteiger partial charge in [0.15, 0.2) is 5.60 Å². The second-order valence-electron chi connectivity index (χ2n) is 3.56. The van der Waals surface area contributed by atoms with Crippen molar-refractivity contribution in [2.24, 2.45) is 0 Å². The smallest absolute Gasteiger partial charge is 0.204 e. The monoisotopic (exact) mass is 216 g/mol. The molecule has 1 atom stereocenters. The second-order valence-corrected chi connectivity index (χ2v) is 4.51. The fourth-order valence-corrected chi connectivity index (χ4v) is 2.81. The number of carbonyl (C=O) groups is 1. The highest BCUT2D eigenvalue weighted by Gasteiger charge is 2.51. The van der Waals surface area contributed by atoms with Crippen LogP contribution in [0.4, 0.5) is 0 Å². The van der Waals surface area contributed by atoms with Gasteiger partial charge in [-0.05, 0) is 11.4 Å². The van der Waals surface area contributed by atoms with Crippen molar-refractivity contribution in [1.29, 1.82) is 0 Å². The summed E-state index contributed by atoms with van der Waals surface area (Å²) in [5, 5.41) is 12.2. The van der Waals surface area contributed by atoms with E-state index >= 15 is 0 Å². The minimum absolute atomic E-state index is 0.194. The van der Waals surface area contributed by atoms with Crippen LogP contribution in [0.1, 0.15) is 20.8 Å². The number of carbonyl (C=O) groups excluding carboxylic acids is 1. The van der Waals surface area contributed by atoms with Crippen molar-refractivity contribution in [3.05, 3.63) is 57.8 Å². The average molecular weight is 216 g/mol. The van der Waals surface area contributed by atoms with Gasteiger partial charge < -0.3 is 5.11 Å². The normalized spacial score (nSPS) is 23.4. The molecule has 0 saturated carbocycles. The highest BCUT2D eigenvalue weighted by atomic mass is 32.1. The van der Waals surface area contributed by atoms with E-state index in [1.54, 1.807) is 18.2 Å². The Morgan fingerprint density at radius 1 is 1.13 bits per heavy atom. The minimum atomic E-state index is -1.38. The van der Waals surface area contributed by atoms with Crippen LogP contribution < -0.4 is 0 Å². The van der Waals surface area contributed by atoms with Gasteiger partial charge in [0.05, 0.1) is 0 Å². The Balaban J connectivity index is 2.22. The van der Waals surface area contributed by atoms with Crippen molar-refractivity contribution in [2.45, 2.75) is 5.60 Å². The highest BCUT2D eigenvalue weighted by Crippen LogP contribution is 2.45. The lowest BCUT2D eigenvalue weighted by Crippen LogP contribution is -2.46. The molecule has 74 valence electrons. The van der Waals surface area contributed by atoms with Gasteiger partial charge in [-0.3, -0.25) is 4.79 Å². The van der Waals surface area contributed by atoms with Crippen LogP contribution in [0.25, 0.3) is 0 Å². The molecule has 1 heterocycles. The third-order valence-corrected chi connectivity index (χ3v) is 3.75. The van der Waals surface area contributed by atoms with Crippen molar-refractivity contribution < 1.29 is 9.90 Å². The molecule has 0 saturated heterocycles. The van der Waals surface area contributed by atoms with Crippen molar-refractivity contribution in [2.75, 3.05) is 0 Å². The zero-order valence-electron chi connectivity index (χ0n) is 7.81. The first-order valence-electron chi connectivity index (χ1n) is 4.65. The Hall–Kier alpha value is -1.45. The van der Waals surface area contributed by atoms with Crippen LogP contribution in [0.3, 0.4) is 0 Å². The molecular weight excluding hydrogens is 208 g/mol. The third-order valence-electron chi connectivity index (χ3n) is 2.77.